The maximum atomic E-state index is 10.7. The summed E-state index contributed by atoms with van der Waals surface area (Å²) in [6.45, 7) is 6.66. The predicted molar refractivity (Wildman–Crippen MR) is 126 cm³/mol. The molecular weight excluding hydrogens is 463 g/mol. The molecule has 0 spiro atoms. The number of rotatable bonds is 6. The van der Waals surface area contributed by atoms with Crippen LogP contribution in [0.1, 0.15) is 35.1 Å². The second-order valence-corrected chi connectivity index (χ2v) is 7.56. The van der Waals surface area contributed by atoms with Crippen molar-refractivity contribution in [1.82, 2.24) is 0 Å². The fraction of sp³-hybridized carbons (Fsp3) is 0.217. The van der Waals surface area contributed by atoms with Gasteiger partial charge in [-0.2, -0.15) is 11.4 Å². The molecule has 0 aliphatic carbocycles. The van der Waals surface area contributed by atoms with E-state index in [1.165, 1.54) is 26.0 Å². The molecule has 30 heavy (non-hydrogen) atoms. The molecule has 166 valence electrons. The molecule has 0 unspecified atom stereocenters. The molecule has 0 fully saturated rings. The van der Waals surface area contributed by atoms with Gasteiger partial charge in [-0.25, -0.2) is 0 Å². The average molecular weight is 491 g/mol. The van der Waals surface area contributed by atoms with Crippen LogP contribution in [0.25, 0.3) is 10.6 Å². The number of hydrogen-bond acceptors (Lipinski definition) is 2. The molecule has 0 N–H and O–H groups in total. The molecule has 2 aromatic rings. The summed E-state index contributed by atoms with van der Waals surface area (Å²) in [4.78, 5) is 21.4. The minimum absolute atomic E-state index is 0. The van der Waals surface area contributed by atoms with Gasteiger partial charge >= 0.3 is 33.3 Å². The first kappa shape index (κ1) is 30.2. The predicted octanol–water partition coefficient (Wildman–Crippen LogP) is 8.38. The first-order chi connectivity index (χ1) is 13.8. The van der Waals surface area contributed by atoms with Gasteiger partial charge < -0.3 is 10.6 Å². The molecule has 0 amide bonds. The molecule has 7 heteroatoms. The van der Waals surface area contributed by atoms with Crippen LogP contribution in [0.2, 0.25) is 0 Å². The third-order valence-electron chi connectivity index (χ3n) is 2.95. The average Bonchev–Trinajstić information content (AvgIpc) is 2.63. The SMILES string of the molecule is C.CC(=O)C=C(C)[N-]c1ccccc1.CC(=O)C=C(C)[N-]c1ccccc1.[Cl][Fe][Cl]. The molecular formula is C23H28Cl2FeN2O2-2. The number of allylic oxidation sites excluding steroid dienone is 4. The van der Waals surface area contributed by atoms with Gasteiger partial charge in [0.2, 0.25) is 0 Å². The zero-order valence-corrected chi connectivity index (χ0v) is 19.4. The van der Waals surface area contributed by atoms with E-state index >= 15 is 0 Å². The van der Waals surface area contributed by atoms with E-state index in [-0.39, 0.29) is 32.1 Å². The minimum atomic E-state index is 0. The van der Waals surface area contributed by atoms with Crippen LogP contribution in [0, 0.1) is 0 Å². The number of nitrogens with zero attached hydrogens (tertiary/aromatic N) is 2. The maximum absolute atomic E-state index is 10.7. The molecule has 4 nitrogen and oxygen atoms in total. The molecule has 0 radical (unpaired) electrons. The van der Waals surface area contributed by atoms with Gasteiger partial charge in [-0.05, 0) is 26.0 Å². The van der Waals surface area contributed by atoms with Gasteiger partial charge in [0.05, 0.1) is 0 Å². The third kappa shape index (κ3) is 18.0. The van der Waals surface area contributed by atoms with Crippen LogP contribution >= 0.6 is 20.2 Å². The Morgan fingerprint density at radius 1 is 0.700 bits per heavy atom. The monoisotopic (exact) mass is 490 g/mol. The van der Waals surface area contributed by atoms with Crippen molar-refractivity contribution in [3.63, 3.8) is 0 Å². The quantitative estimate of drug-likeness (QED) is 0.301. The first-order valence-corrected chi connectivity index (χ1v) is 11.6. The van der Waals surface area contributed by atoms with Gasteiger partial charge in [-0.1, -0.05) is 81.9 Å². The van der Waals surface area contributed by atoms with Crippen LogP contribution in [0.5, 0.6) is 0 Å². The van der Waals surface area contributed by atoms with Crippen molar-refractivity contribution < 1.29 is 22.7 Å². The van der Waals surface area contributed by atoms with E-state index in [1.807, 2.05) is 74.5 Å². The Labute approximate surface area is 195 Å². The number of carbonyl (C=O) groups excluding carboxylic acids is 2. The Bertz CT molecular complexity index is 728. The van der Waals surface area contributed by atoms with Crippen molar-refractivity contribution in [2.75, 3.05) is 0 Å². The number of benzene rings is 2. The van der Waals surface area contributed by atoms with Crippen molar-refractivity contribution in [1.29, 1.82) is 0 Å². The van der Waals surface area contributed by atoms with Gasteiger partial charge in [0, 0.05) is 0 Å². The molecule has 2 aromatic carbocycles. The van der Waals surface area contributed by atoms with E-state index in [9.17, 15) is 9.59 Å². The van der Waals surface area contributed by atoms with Crippen LogP contribution in [-0.2, 0) is 22.7 Å². The van der Waals surface area contributed by atoms with E-state index in [4.69, 9.17) is 20.2 Å². The summed E-state index contributed by atoms with van der Waals surface area (Å²) in [6.07, 6.45) is 3.04. The van der Waals surface area contributed by atoms with Crippen molar-refractivity contribution in [3.05, 3.63) is 94.8 Å². The number of ketones is 2. The summed E-state index contributed by atoms with van der Waals surface area (Å²) in [7, 11) is 9.53. The number of carbonyl (C=O) groups is 2. The van der Waals surface area contributed by atoms with Crippen LogP contribution in [0.3, 0.4) is 0 Å². The van der Waals surface area contributed by atoms with Gasteiger partial charge in [-0.3, -0.25) is 9.59 Å². The number of hydrogen-bond donors (Lipinski definition) is 0. The Morgan fingerprint density at radius 2 is 0.967 bits per heavy atom. The first-order valence-electron chi connectivity index (χ1n) is 8.55. The number of para-hydroxylation sites is 2. The summed E-state index contributed by atoms with van der Waals surface area (Å²) < 4.78 is 0. The Balaban J connectivity index is 0. The zero-order chi connectivity index (χ0) is 22.1. The van der Waals surface area contributed by atoms with E-state index in [1.54, 1.807) is 0 Å². The molecule has 2 rings (SSSR count). The van der Waals surface area contributed by atoms with Crippen LogP contribution in [-0.4, -0.2) is 11.6 Å². The van der Waals surface area contributed by atoms with Gasteiger partial charge in [0.1, 0.15) is 0 Å². The van der Waals surface area contributed by atoms with Gasteiger partial charge in [0.15, 0.2) is 11.6 Å². The fourth-order valence-electron chi connectivity index (χ4n) is 2.07. The summed E-state index contributed by atoms with van der Waals surface area (Å²) in [6, 6.07) is 19.1. The fourth-order valence-corrected chi connectivity index (χ4v) is 2.07. The number of halogens is 2. The molecule has 0 saturated heterocycles. The van der Waals surface area contributed by atoms with Crippen molar-refractivity contribution in [2.45, 2.75) is 35.1 Å². The molecule has 0 atom stereocenters. The summed E-state index contributed by atoms with van der Waals surface area (Å²) in [5, 5.41) is 8.48. The van der Waals surface area contributed by atoms with E-state index in [0.717, 1.165) is 22.8 Å². The molecule has 0 aliphatic heterocycles. The Kier molecular flexibility index (Phi) is 19.1. The van der Waals surface area contributed by atoms with Crippen molar-refractivity contribution in [2.24, 2.45) is 0 Å². The van der Waals surface area contributed by atoms with E-state index in [2.05, 4.69) is 10.6 Å². The van der Waals surface area contributed by atoms with Crippen LogP contribution < -0.4 is 0 Å². The summed E-state index contributed by atoms with van der Waals surface area (Å²) in [5.74, 6) is 0.0503. The zero-order valence-electron chi connectivity index (χ0n) is 16.7. The molecule has 0 bridgehead atoms. The summed E-state index contributed by atoms with van der Waals surface area (Å²) in [5.41, 5.74) is 3.22. The second-order valence-electron chi connectivity index (χ2n) is 5.74. The third-order valence-corrected chi connectivity index (χ3v) is 2.95. The molecule has 0 aliphatic rings. The van der Waals surface area contributed by atoms with E-state index < -0.39 is 0 Å². The molecule has 0 saturated carbocycles. The molecule has 0 heterocycles. The standard InChI is InChI=1S/2C11H13NO.CH4.2ClH.Fe/c2*1-9(8-10(2)13)12-11-6-4-3-5-7-11;;;;/h2*3-8H,1-2H3,(H,12,13);1H4;2*1H;/q;;;;;+2/p-4. The Morgan fingerprint density at radius 3 is 1.20 bits per heavy atom. The Hall–Kier alpha value is -2.04. The normalized spacial score (nSPS) is 10.3. The van der Waals surface area contributed by atoms with Gasteiger partial charge in [0.25, 0.3) is 0 Å². The van der Waals surface area contributed by atoms with Crippen molar-refractivity contribution in [3.8, 4) is 0 Å². The molecule has 0 aromatic heterocycles. The van der Waals surface area contributed by atoms with Gasteiger partial charge in [-0.15, -0.1) is 11.4 Å². The van der Waals surface area contributed by atoms with E-state index in [0.29, 0.717) is 0 Å². The second kappa shape index (κ2) is 19.0. The van der Waals surface area contributed by atoms with Crippen LogP contribution in [0.15, 0.2) is 84.2 Å². The topological polar surface area (TPSA) is 62.3 Å². The van der Waals surface area contributed by atoms with Crippen LogP contribution in [0.4, 0.5) is 11.4 Å². The summed E-state index contributed by atoms with van der Waals surface area (Å²) >= 11 is 0.194. The van der Waals surface area contributed by atoms with Crippen molar-refractivity contribution >= 4 is 43.1 Å².